The van der Waals surface area contributed by atoms with E-state index in [0.717, 1.165) is 60.5 Å². The van der Waals surface area contributed by atoms with E-state index in [-0.39, 0.29) is 5.91 Å². The molecule has 0 bridgehead atoms. The second-order valence-electron chi connectivity index (χ2n) is 10.3. The highest BCUT2D eigenvalue weighted by Crippen LogP contribution is 2.28. The molecule has 43 heavy (non-hydrogen) atoms. The van der Waals surface area contributed by atoms with Crippen LogP contribution in [0.4, 0.5) is 5.69 Å². The highest BCUT2D eigenvalue weighted by Gasteiger charge is 2.36. The average Bonchev–Trinajstić information content (AvgIpc) is 3.62. The minimum absolute atomic E-state index is 0.205. The Morgan fingerprint density at radius 3 is 2.77 bits per heavy atom. The number of nitrogens with two attached hydrogens (primary N) is 1. The fraction of sp³-hybridized carbons (Fsp3) is 0.406. The molecule has 0 radical (unpaired) electrons. The van der Waals surface area contributed by atoms with Gasteiger partial charge in [-0.15, -0.1) is 5.10 Å². The SMILES string of the molecule is CCCC(C(=O)NC=O)N1Cc2c(C#CCCNCCCOCCCn3cc(-c4ccc(N)cc4)nn3)cccc2C1=O. The number of carbonyl (C=O) groups is 3. The Kier molecular flexibility index (Phi) is 11.8. The van der Waals surface area contributed by atoms with Gasteiger partial charge >= 0.3 is 0 Å². The lowest BCUT2D eigenvalue weighted by atomic mass is 10.0. The number of amides is 3. The molecule has 0 spiro atoms. The van der Waals surface area contributed by atoms with Crippen molar-refractivity contribution in [3.05, 3.63) is 65.4 Å². The van der Waals surface area contributed by atoms with E-state index in [0.29, 0.717) is 51.0 Å². The van der Waals surface area contributed by atoms with Crippen molar-refractivity contribution in [3.8, 4) is 23.1 Å². The summed E-state index contributed by atoms with van der Waals surface area (Å²) < 4.78 is 7.57. The zero-order valence-corrected chi connectivity index (χ0v) is 24.6. The highest BCUT2D eigenvalue weighted by molar-refractivity contribution is 6.02. The van der Waals surface area contributed by atoms with Crippen molar-refractivity contribution in [2.45, 2.75) is 58.2 Å². The summed E-state index contributed by atoms with van der Waals surface area (Å²) in [6.07, 6.45) is 5.90. The molecule has 1 aliphatic rings. The van der Waals surface area contributed by atoms with Crippen LogP contribution >= 0.6 is 0 Å². The van der Waals surface area contributed by atoms with Crippen molar-refractivity contribution in [3.63, 3.8) is 0 Å². The van der Waals surface area contributed by atoms with Crippen LogP contribution in [0, 0.1) is 11.8 Å². The smallest absolute Gasteiger partial charge is 0.255 e. The summed E-state index contributed by atoms with van der Waals surface area (Å²) >= 11 is 0. The van der Waals surface area contributed by atoms with Crippen molar-refractivity contribution >= 4 is 23.9 Å². The summed E-state index contributed by atoms with van der Waals surface area (Å²) in [5.41, 5.74) is 10.5. The molecule has 1 aromatic heterocycles. The molecule has 3 aromatic rings. The molecule has 0 saturated carbocycles. The van der Waals surface area contributed by atoms with Gasteiger partial charge in [-0.1, -0.05) is 48.6 Å². The van der Waals surface area contributed by atoms with E-state index in [1.54, 1.807) is 6.07 Å². The predicted octanol–water partition coefficient (Wildman–Crippen LogP) is 2.75. The van der Waals surface area contributed by atoms with Gasteiger partial charge in [-0.05, 0) is 55.6 Å². The number of nitrogen functional groups attached to an aromatic ring is 1. The van der Waals surface area contributed by atoms with Gasteiger partial charge in [-0.25, -0.2) is 0 Å². The van der Waals surface area contributed by atoms with Crippen molar-refractivity contribution in [2.75, 3.05) is 32.0 Å². The maximum atomic E-state index is 13.0. The molecule has 0 fully saturated rings. The molecule has 226 valence electrons. The van der Waals surface area contributed by atoms with Crippen LogP contribution in [0.5, 0.6) is 0 Å². The lowest BCUT2D eigenvalue weighted by Gasteiger charge is -2.25. The molecule has 3 amide bonds. The molecule has 0 aliphatic carbocycles. The third-order valence-corrected chi connectivity index (χ3v) is 7.15. The van der Waals surface area contributed by atoms with Gasteiger partial charge in [0.05, 0.1) is 6.20 Å². The largest absolute Gasteiger partial charge is 0.399 e. The standard InChI is InChI=1S/C32H39N7O4/c1-2-8-30(31(41)35-23-40)39-21-28-24(10-5-11-27(28)32(39)42)9-3-4-16-34-17-6-19-43-20-7-18-38-22-29(36-37-38)25-12-14-26(33)15-13-25/h5,10-15,22-23,30,34H,2,4,6-8,16-21,33H2,1H3,(H,35,40,41). The Morgan fingerprint density at radius 1 is 1.16 bits per heavy atom. The van der Waals surface area contributed by atoms with Crippen LogP contribution in [-0.2, 0) is 27.4 Å². The summed E-state index contributed by atoms with van der Waals surface area (Å²) in [4.78, 5) is 37.8. The van der Waals surface area contributed by atoms with E-state index in [9.17, 15) is 14.4 Å². The van der Waals surface area contributed by atoms with Crippen LogP contribution in [0.25, 0.3) is 11.3 Å². The molecule has 1 aliphatic heterocycles. The van der Waals surface area contributed by atoms with Crippen LogP contribution in [0.2, 0.25) is 0 Å². The topological polar surface area (TPSA) is 144 Å². The third-order valence-electron chi connectivity index (χ3n) is 7.15. The molecule has 4 rings (SSSR count). The van der Waals surface area contributed by atoms with Gasteiger partial charge in [0.25, 0.3) is 5.91 Å². The first kappa shape index (κ1) is 31.4. The molecule has 11 heteroatoms. The molecule has 1 unspecified atom stereocenters. The number of nitrogens with zero attached hydrogens (tertiary/aromatic N) is 4. The summed E-state index contributed by atoms with van der Waals surface area (Å²) in [7, 11) is 0. The molecule has 4 N–H and O–H groups in total. The molecule has 0 saturated heterocycles. The number of imide groups is 1. The Morgan fingerprint density at radius 2 is 1.98 bits per heavy atom. The molecular formula is C32H39N7O4. The first-order valence-corrected chi connectivity index (χ1v) is 14.7. The number of aromatic nitrogens is 3. The number of carbonyl (C=O) groups excluding carboxylic acids is 3. The van der Waals surface area contributed by atoms with E-state index in [2.05, 4.69) is 32.8 Å². The fourth-order valence-electron chi connectivity index (χ4n) is 4.94. The summed E-state index contributed by atoms with van der Waals surface area (Å²) in [5, 5.41) is 14.0. The Hall–Kier alpha value is -4.53. The maximum Gasteiger partial charge on any atom is 0.255 e. The van der Waals surface area contributed by atoms with Gasteiger partial charge < -0.3 is 20.7 Å². The normalized spacial score (nSPS) is 12.9. The van der Waals surface area contributed by atoms with Crippen molar-refractivity contribution < 1.29 is 19.1 Å². The fourth-order valence-corrected chi connectivity index (χ4v) is 4.94. The number of aryl methyl sites for hydroxylation is 1. The maximum absolute atomic E-state index is 13.0. The Labute approximate surface area is 252 Å². The van der Waals surface area contributed by atoms with Gasteiger partial charge in [-0.2, -0.15) is 0 Å². The van der Waals surface area contributed by atoms with Crippen LogP contribution in [0.15, 0.2) is 48.7 Å². The summed E-state index contributed by atoms with van der Waals surface area (Å²) in [6, 6.07) is 12.4. The first-order chi connectivity index (χ1) is 21.0. The molecule has 2 aromatic carbocycles. The van der Waals surface area contributed by atoms with E-state index in [4.69, 9.17) is 10.5 Å². The summed E-state index contributed by atoms with van der Waals surface area (Å²) in [6.45, 7) is 5.90. The van der Waals surface area contributed by atoms with Crippen molar-refractivity contribution in [2.24, 2.45) is 0 Å². The Balaban J connectivity index is 1.10. The zero-order chi connectivity index (χ0) is 30.4. The van der Waals surface area contributed by atoms with Gasteiger partial charge in [0.1, 0.15) is 11.7 Å². The minimum atomic E-state index is -0.688. The number of anilines is 1. The number of ether oxygens (including phenoxy) is 1. The number of fused-ring (bicyclic) bond motifs is 1. The zero-order valence-electron chi connectivity index (χ0n) is 24.6. The number of nitrogens with one attached hydrogen (secondary N) is 2. The van der Waals surface area contributed by atoms with E-state index < -0.39 is 11.9 Å². The monoisotopic (exact) mass is 585 g/mol. The Bertz CT molecular complexity index is 1440. The van der Waals surface area contributed by atoms with E-state index in [1.807, 2.05) is 54.2 Å². The predicted molar refractivity (Wildman–Crippen MR) is 164 cm³/mol. The number of benzene rings is 2. The number of hydrogen-bond donors (Lipinski definition) is 3. The first-order valence-electron chi connectivity index (χ1n) is 14.7. The van der Waals surface area contributed by atoms with Gasteiger partial charge in [0.15, 0.2) is 0 Å². The number of rotatable bonds is 16. The quantitative estimate of drug-likeness (QED) is 0.101. The van der Waals surface area contributed by atoms with E-state index >= 15 is 0 Å². The van der Waals surface area contributed by atoms with Crippen LogP contribution < -0.4 is 16.4 Å². The van der Waals surface area contributed by atoms with Crippen LogP contribution in [-0.4, -0.2) is 70.5 Å². The third kappa shape index (κ3) is 8.73. The molecular weight excluding hydrogens is 546 g/mol. The average molecular weight is 586 g/mol. The summed E-state index contributed by atoms with van der Waals surface area (Å²) in [5.74, 6) is 5.72. The van der Waals surface area contributed by atoms with Crippen LogP contribution in [0.1, 0.15) is 60.5 Å². The van der Waals surface area contributed by atoms with Crippen LogP contribution in [0.3, 0.4) is 0 Å². The lowest BCUT2D eigenvalue weighted by Crippen LogP contribution is -2.46. The number of hydrogen-bond acceptors (Lipinski definition) is 8. The van der Waals surface area contributed by atoms with Gasteiger partial charge in [-0.3, -0.25) is 24.4 Å². The van der Waals surface area contributed by atoms with Crippen molar-refractivity contribution in [1.82, 2.24) is 30.5 Å². The molecule has 11 nitrogen and oxygen atoms in total. The van der Waals surface area contributed by atoms with Gasteiger partial charge in [0, 0.05) is 61.6 Å². The van der Waals surface area contributed by atoms with E-state index in [1.165, 1.54) is 4.90 Å². The lowest BCUT2D eigenvalue weighted by molar-refractivity contribution is -0.129. The second kappa shape index (κ2) is 16.2. The van der Waals surface area contributed by atoms with Gasteiger partial charge in [0.2, 0.25) is 12.3 Å². The molecule has 2 heterocycles. The second-order valence-corrected chi connectivity index (χ2v) is 10.3. The molecule has 1 atom stereocenters. The van der Waals surface area contributed by atoms with Crippen molar-refractivity contribution in [1.29, 1.82) is 0 Å². The minimum Gasteiger partial charge on any atom is -0.399 e. The highest BCUT2D eigenvalue weighted by atomic mass is 16.5.